The van der Waals surface area contributed by atoms with E-state index in [-0.39, 0.29) is 24.5 Å². The van der Waals surface area contributed by atoms with Crippen LogP contribution in [0, 0.1) is 13.8 Å². The highest BCUT2D eigenvalue weighted by Crippen LogP contribution is 2.21. The standard InChI is InChI=1S/C23H25N3O3/c1-4-29-23(28)19-14-16(2)26(17(19)3)15-21(27)25-22(18-10-6-5-7-11-18)20-12-8-9-13-24-20/h5-14,22H,4,15H2,1-3H3,(H,25,27). The molecular weight excluding hydrogens is 366 g/mol. The van der Waals surface area contributed by atoms with Crippen molar-refractivity contribution in [2.75, 3.05) is 6.61 Å². The molecule has 0 radical (unpaired) electrons. The van der Waals surface area contributed by atoms with Gasteiger partial charge in [0.1, 0.15) is 6.54 Å². The van der Waals surface area contributed by atoms with Crippen LogP contribution >= 0.6 is 0 Å². The Bertz CT molecular complexity index is 942. The number of hydrogen-bond donors (Lipinski definition) is 1. The van der Waals surface area contributed by atoms with Crippen LogP contribution < -0.4 is 5.32 Å². The smallest absolute Gasteiger partial charge is 0.339 e. The fourth-order valence-corrected chi connectivity index (χ4v) is 3.33. The van der Waals surface area contributed by atoms with Crippen molar-refractivity contribution in [3.8, 4) is 0 Å². The summed E-state index contributed by atoms with van der Waals surface area (Å²) in [6, 6.07) is 16.8. The second kappa shape index (κ2) is 9.19. The molecule has 0 bridgehead atoms. The van der Waals surface area contributed by atoms with Crippen LogP contribution in [0.15, 0.2) is 60.8 Å². The maximum absolute atomic E-state index is 12.9. The lowest BCUT2D eigenvalue weighted by Crippen LogP contribution is -2.33. The van der Waals surface area contributed by atoms with Crippen molar-refractivity contribution >= 4 is 11.9 Å². The number of carbonyl (C=O) groups excluding carboxylic acids is 2. The van der Waals surface area contributed by atoms with Gasteiger partial charge in [0, 0.05) is 17.6 Å². The molecule has 2 heterocycles. The van der Waals surface area contributed by atoms with Crippen molar-refractivity contribution < 1.29 is 14.3 Å². The summed E-state index contributed by atoms with van der Waals surface area (Å²) in [6.45, 7) is 5.88. The van der Waals surface area contributed by atoms with E-state index in [2.05, 4.69) is 10.3 Å². The zero-order chi connectivity index (χ0) is 20.8. The van der Waals surface area contributed by atoms with Crippen LogP contribution in [0.3, 0.4) is 0 Å². The Hall–Kier alpha value is -3.41. The molecule has 1 unspecified atom stereocenters. The molecule has 29 heavy (non-hydrogen) atoms. The fraction of sp³-hybridized carbons (Fsp3) is 0.261. The number of benzene rings is 1. The van der Waals surface area contributed by atoms with E-state index in [1.54, 1.807) is 19.2 Å². The Morgan fingerprint density at radius 1 is 1.10 bits per heavy atom. The average molecular weight is 391 g/mol. The Morgan fingerprint density at radius 3 is 2.48 bits per heavy atom. The molecule has 3 aromatic rings. The van der Waals surface area contributed by atoms with Gasteiger partial charge in [-0.25, -0.2) is 4.79 Å². The topological polar surface area (TPSA) is 73.2 Å². The first-order chi connectivity index (χ1) is 14.0. The third kappa shape index (κ3) is 4.71. The van der Waals surface area contributed by atoms with Gasteiger partial charge in [0.05, 0.1) is 23.9 Å². The predicted molar refractivity (Wildman–Crippen MR) is 111 cm³/mol. The molecule has 6 heteroatoms. The Labute approximate surface area is 170 Å². The molecule has 1 N–H and O–H groups in total. The van der Waals surface area contributed by atoms with Crippen molar-refractivity contribution in [1.82, 2.24) is 14.9 Å². The molecule has 6 nitrogen and oxygen atoms in total. The molecule has 0 fully saturated rings. The minimum Gasteiger partial charge on any atom is -0.462 e. The highest BCUT2D eigenvalue weighted by molar-refractivity contribution is 5.91. The van der Waals surface area contributed by atoms with Gasteiger partial charge in [-0.3, -0.25) is 9.78 Å². The molecule has 3 rings (SSSR count). The third-order valence-electron chi connectivity index (χ3n) is 4.79. The largest absolute Gasteiger partial charge is 0.462 e. The summed E-state index contributed by atoms with van der Waals surface area (Å²) in [5.74, 6) is -0.537. The minimum absolute atomic E-state index is 0.104. The van der Waals surface area contributed by atoms with Gasteiger partial charge in [0.25, 0.3) is 0 Å². The van der Waals surface area contributed by atoms with Crippen LogP contribution in [-0.4, -0.2) is 28.0 Å². The van der Waals surface area contributed by atoms with Crippen LogP contribution in [0.25, 0.3) is 0 Å². The lowest BCUT2D eigenvalue weighted by atomic mass is 10.0. The van der Waals surface area contributed by atoms with Crippen molar-refractivity contribution in [1.29, 1.82) is 0 Å². The van der Waals surface area contributed by atoms with Gasteiger partial charge in [-0.2, -0.15) is 0 Å². The molecule has 2 aromatic heterocycles. The normalized spacial score (nSPS) is 11.7. The van der Waals surface area contributed by atoms with E-state index in [1.165, 1.54) is 0 Å². The number of nitrogens with zero attached hydrogens (tertiary/aromatic N) is 2. The van der Waals surface area contributed by atoms with Crippen LogP contribution in [0.4, 0.5) is 0 Å². The summed E-state index contributed by atoms with van der Waals surface area (Å²) in [7, 11) is 0. The number of carbonyl (C=O) groups is 2. The number of ether oxygens (including phenoxy) is 1. The zero-order valence-electron chi connectivity index (χ0n) is 16.9. The van der Waals surface area contributed by atoms with E-state index >= 15 is 0 Å². The summed E-state index contributed by atoms with van der Waals surface area (Å²) in [4.78, 5) is 29.4. The number of esters is 1. The first-order valence-corrected chi connectivity index (χ1v) is 9.60. The zero-order valence-corrected chi connectivity index (χ0v) is 16.9. The molecule has 1 atom stereocenters. The summed E-state index contributed by atoms with van der Waals surface area (Å²) in [5.41, 5.74) is 3.74. The second-order valence-electron chi connectivity index (χ2n) is 6.76. The van der Waals surface area contributed by atoms with E-state index in [0.717, 1.165) is 17.0 Å². The van der Waals surface area contributed by atoms with Gasteiger partial charge in [-0.05, 0) is 44.5 Å². The Balaban J connectivity index is 1.82. The quantitative estimate of drug-likeness (QED) is 0.625. The van der Waals surface area contributed by atoms with E-state index in [4.69, 9.17) is 4.74 Å². The lowest BCUT2D eigenvalue weighted by molar-refractivity contribution is -0.122. The van der Waals surface area contributed by atoms with Gasteiger partial charge in [0.15, 0.2) is 0 Å². The summed E-state index contributed by atoms with van der Waals surface area (Å²) in [6.07, 6.45) is 1.71. The van der Waals surface area contributed by atoms with Crippen molar-refractivity contribution in [2.45, 2.75) is 33.4 Å². The summed E-state index contributed by atoms with van der Waals surface area (Å²) in [5, 5.41) is 3.08. The maximum Gasteiger partial charge on any atom is 0.339 e. The predicted octanol–water partition coefficient (Wildman–Crippen LogP) is 3.58. The van der Waals surface area contributed by atoms with Crippen molar-refractivity contribution in [3.63, 3.8) is 0 Å². The van der Waals surface area contributed by atoms with Gasteiger partial charge in [-0.1, -0.05) is 36.4 Å². The maximum atomic E-state index is 12.9. The number of nitrogens with one attached hydrogen (secondary N) is 1. The van der Waals surface area contributed by atoms with Crippen LogP contribution in [0.2, 0.25) is 0 Å². The summed E-state index contributed by atoms with van der Waals surface area (Å²) < 4.78 is 6.92. The van der Waals surface area contributed by atoms with Gasteiger partial charge in [-0.15, -0.1) is 0 Å². The Kier molecular flexibility index (Phi) is 6.44. The second-order valence-corrected chi connectivity index (χ2v) is 6.76. The number of pyridine rings is 1. The molecular formula is C23H25N3O3. The van der Waals surface area contributed by atoms with E-state index in [9.17, 15) is 9.59 Å². The monoisotopic (exact) mass is 391 g/mol. The molecule has 0 aliphatic rings. The molecule has 1 amide bonds. The van der Waals surface area contributed by atoms with Crippen LogP contribution in [-0.2, 0) is 16.1 Å². The number of hydrogen-bond acceptors (Lipinski definition) is 4. The first-order valence-electron chi connectivity index (χ1n) is 9.60. The van der Waals surface area contributed by atoms with E-state index in [0.29, 0.717) is 17.9 Å². The average Bonchev–Trinajstić information content (AvgIpc) is 3.02. The number of aryl methyl sites for hydroxylation is 1. The van der Waals surface area contributed by atoms with Gasteiger partial charge in [0.2, 0.25) is 5.91 Å². The fourth-order valence-electron chi connectivity index (χ4n) is 3.33. The van der Waals surface area contributed by atoms with Gasteiger partial charge < -0.3 is 14.6 Å². The van der Waals surface area contributed by atoms with Crippen molar-refractivity contribution in [3.05, 3.63) is 89.0 Å². The minimum atomic E-state index is -0.372. The molecule has 0 aliphatic carbocycles. The molecule has 150 valence electrons. The SMILES string of the molecule is CCOC(=O)c1cc(C)n(CC(=O)NC(c2ccccc2)c2ccccn2)c1C. The van der Waals surface area contributed by atoms with E-state index in [1.807, 2.05) is 66.9 Å². The molecule has 0 spiro atoms. The first kappa shape index (κ1) is 20.3. The molecule has 0 saturated carbocycles. The lowest BCUT2D eigenvalue weighted by Gasteiger charge is -2.20. The highest BCUT2D eigenvalue weighted by atomic mass is 16.5. The van der Waals surface area contributed by atoms with Gasteiger partial charge >= 0.3 is 5.97 Å². The molecule has 0 aliphatic heterocycles. The number of aromatic nitrogens is 2. The number of amides is 1. The van der Waals surface area contributed by atoms with Crippen molar-refractivity contribution in [2.24, 2.45) is 0 Å². The Morgan fingerprint density at radius 2 is 1.83 bits per heavy atom. The van der Waals surface area contributed by atoms with E-state index < -0.39 is 0 Å². The molecule has 1 aromatic carbocycles. The third-order valence-corrected chi connectivity index (χ3v) is 4.79. The highest BCUT2D eigenvalue weighted by Gasteiger charge is 2.21. The summed E-state index contributed by atoms with van der Waals surface area (Å²) >= 11 is 0. The number of rotatable bonds is 7. The van der Waals surface area contributed by atoms with Crippen LogP contribution in [0.5, 0.6) is 0 Å². The molecule has 0 saturated heterocycles. The van der Waals surface area contributed by atoms with Crippen LogP contribution in [0.1, 0.15) is 46.0 Å².